The molecule has 242 valence electrons. The van der Waals surface area contributed by atoms with E-state index in [9.17, 15) is 23.9 Å². The first-order valence-corrected chi connectivity index (χ1v) is 15.6. The first kappa shape index (κ1) is 32.3. The van der Waals surface area contributed by atoms with Crippen molar-refractivity contribution in [1.29, 1.82) is 0 Å². The van der Waals surface area contributed by atoms with E-state index < -0.39 is 36.1 Å². The van der Waals surface area contributed by atoms with Gasteiger partial charge in [0.15, 0.2) is 0 Å². The first-order valence-electron chi connectivity index (χ1n) is 15.2. The minimum Gasteiger partial charge on any atom is -0.487 e. The molecule has 0 aromatic heterocycles. The van der Waals surface area contributed by atoms with E-state index in [1.807, 2.05) is 4.90 Å². The SMILES string of the molecule is COC(=O)C1CCC(O)CC1C(=O)N1CCc2c(Cl)ccc(OC/C(N)=C(\C(C)F)N(C)N)c2C1CN1CC2(CC2)CC1=O. The highest BCUT2D eigenvalue weighted by Gasteiger charge is 2.53. The number of hydrogen-bond donors (Lipinski definition) is 3. The summed E-state index contributed by atoms with van der Waals surface area (Å²) in [5.74, 6) is 4.02. The van der Waals surface area contributed by atoms with Gasteiger partial charge in [0.1, 0.15) is 18.5 Å². The topological polar surface area (TPSA) is 152 Å². The van der Waals surface area contributed by atoms with Crippen molar-refractivity contribution < 1.29 is 33.4 Å². The molecule has 2 aliphatic carbocycles. The van der Waals surface area contributed by atoms with Crippen LogP contribution in [0.4, 0.5) is 4.39 Å². The van der Waals surface area contributed by atoms with Crippen LogP contribution >= 0.6 is 11.6 Å². The van der Waals surface area contributed by atoms with Crippen molar-refractivity contribution in [2.45, 2.75) is 70.2 Å². The van der Waals surface area contributed by atoms with Gasteiger partial charge in [-0.05, 0) is 68.6 Å². The molecule has 5 atom stereocenters. The molecule has 1 aromatic rings. The van der Waals surface area contributed by atoms with E-state index in [4.69, 9.17) is 32.7 Å². The summed E-state index contributed by atoms with van der Waals surface area (Å²) in [6, 6.07) is 2.76. The summed E-state index contributed by atoms with van der Waals surface area (Å²) in [5, 5.41) is 12.1. The van der Waals surface area contributed by atoms with Crippen LogP contribution in [0.1, 0.15) is 62.6 Å². The van der Waals surface area contributed by atoms with Gasteiger partial charge in [0, 0.05) is 43.7 Å². The number of amides is 2. The number of esters is 1. The highest BCUT2D eigenvalue weighted by molar-refractivity contribution is 6.31. The minimum atomic E-state index is -1.43. The smallest absolute Gasteiger partial charge is 0.309 e. The fourth-order valence-electron chi connectivity index (χ4n) is 7.29. The standard InChI is InChI=1S/C31H43ClFN5O6/c1-17(33)28(36(2)35)23(34)15-44-25-7-6-22(32)20-8-11-38(29(41)21-12-18(39)4-5-19(21)30(42)43-3)24(27(20)25)14-37-16-31(9-10-31)13-26(37)40/h6-7,17-19,21,24,39H,4-5,8-16,34-35H2,1-3H3/b28-23-. The van der Waals surface area contributed by atoms with E-state index in [1.54, 1.807) is 17.0 Å². The zero-order valence-electron chi connectivity index (χ0n) is 25.6. The van der Waals surface area contributed by atoms with Crippen molar-refractivity contribution in [1.82, 2.24) is 14.8 Å². The third kappa shape index (κ3) is 6.34. The average Bonchev–Trinajstić information content (AvgIpc) is 3.65. The Balaban J connectivity index is 1.53. The molecule has 1 saturated heterocycles. The van der Waals surface area contributed by atoms with Crippen LogP contribution in [-0.2, 0) is 25.5 Å². The number of ether oxygens (including phenoxy) is 2. The summed E-state index contributed by atoms with van der Waals surface area (Å²) in [6.07, 6.45) is 1.61. The fourth-order valence-corrected chi connectivity index (χ4v) is 7.55. The zero-order valence-corrected chi connectivity index (χ0v) is 26.3. The van der Waals surface area contributed by atoms with Crippen molar-refractivity contribution in [3.8, 4) is 5.75 Å². The number of likely N-dealkylation sites (tertiary alicyclic amines) is 1. The first-order chi connectivity index (χ1) is 20.9. The normalized spacial score (nSPS) is 27.0. The number of nitrogens with zero attached hydrogens (tertiary/aromatic N) is 3. The van der Waals surface area contributed by atoms with E-state index in [2.05, 4.69) is 0 Å². The Morgan fingerprint density at radius 3 is 2.61 bits per heavy atom. The third-order valence-corrected chi connectivity index (χ3v) is 10.1. The molecule has 2 heterocycles. The summed E-state index contributed by atoms with van der Waals surface area (Å²) in [4.78, 5) is 43.8. The molecule has 1 spiro atoms. The zero-order chi connectivity index (χ0) is 31.9. The third-order valence-electron chi connectivity index (χ3n) is 9.72. The van der Waals surface area contributed by atoms with E-state index >= 15 is 0 Å². The van der Waals surface area contributed by atoms with Gasteiger partial charge in [-0.2, -0.15) is 0 Å². The predicted octanol–water partition coefficient (Wildman–Crippen LogP) is 2.44. The molecule has 5 unspecified atom stereocenters. The number of alkyl halides is 1. The number of carbonyl (C=O) groups excluding carboxylic acids is 3. The highest BCUT2D eigenvalue weighted by Crippen LogP contribution is 2.54. The maximum Gasteiger partial charge on any atom is 0.309 e. The van der Waals surface area contributed by atoms with Gasteiger partial charge in [-0.1, -0.05) is 11.6 Å². The van der Waals surface area contributed by atoms with Crippen LogP contribution in [0.3, 0.4) is 0 Å². The van der Waals surface area contributed by atoms with Gasteiger partial charge in [-0.15, -0.1) is 0 Å². The summed E-state index contributed by atoms with van der Waals surface area (Å²) in [6.45, 7) is 2.29. The lowest BCUT2D eigenvalue weighted by Crippen LogP contribution is -2.51. The number of halogens is 2. The number of allylic oxidation sites excluding steroid dienone is 1. The summed E-state index contributed by atoms with van der Waals surface area (Å²) < 4.78 is 25.5. The maximum atomic E-state index is 14.4. The molecule has 0 bridgehead atoms. The fraction of sp³-hybridized carbons (Fsp3) is 0.645. The minimum absolute atomic E-state index is 0.00744. The van der Waals surface area contributed by atoms with Gasteiger partial charge in [0.05, 0.1) is 42.5 Å². The van der Waals surface area contributed by atoms with E-state index in [0.29, 0.717) is 55.1 Å². The van der Waals surface area contributed by atoms with E-state index in [-0.39, 0.29) is 48.2 Å². The van der Waals surface area contributed by atoms with Crippen LogP contribution < -0.4 is 16.3 Å². The van der Waals surface area contributed by atoms with Crippen molar-refractivity contribution in [3.05, 3.63) is 39.7 Å². The maximum absolute atomic E-state index is 14.4. The largest absolute Gasteiger partial charge is 0.487 e. The molecule has 2 saturated carbocycles. The van der Waals surface area contributed by atoms with Crippen molar-refractivity contribution in [2.75, 3.05) is 40.4 Å². The Morgan fingerprint density at radius 2 is 2.00 bits per heavy atom. The lowest BCUT2D eigenvalue weighted by atomic mass is 9.76. The lowest BCUT2D eigenvalue weighted by Gasteiger charge is -2.43. The molecule has 11 nitrogen and oxygen atoms in total. The number of hydrogen-bond acceptors (Lipinski definition) is 9. The number of nitrogens with two attached hydrogens (primary N) is 2. The van der Waals surface area contributed by atoms with Crippen LogP contribution in [0.25, 0.3) is 0 Å². The van der Waals surface area contributed by atoms with Crippen LogP contribution in [0.5, 0.6) is 5.75 Å². The molecule has 4 aliphatic rings. The number of hydrazine groups is 1. The Kier molecular flexibility index (Phi) is 9.34. The van der Waals surface area contributed by atoms with Crippen molar-refractivity contribution in [2.24, 2.45) is 28.8 Å². The second-order valence-corrected chi connectivity index (χ2v) is 13.2. The molecule has 1 aromatic carbocycles. The quantitative estimate of drug-likeness (QED) is 0.211. The van der Waals surface area contributed by atoms with Gasteiger partial charge in [-0.3, -0.25) is 14.4 Å². The predicted molar refractivity (Wildman–Crippen MR) is 161 cm³/mol. The molecule has 2 amide bonds. The van der Waals surface area contributed by atoms with Crippen LogP contribution in [0.15, 0.2) is 23.5 Å². The van der Waals surface area contributed by atoms with E-state index in [1.165, 1.54) is 21.1 Å². The summed E-state index contributed by atoms with van der Waals surface area (Å²) >= 11 is 6.71. The van der Waals surface area contributed by atoms with Crippen LogP contribution in [-0.4, -0.2) is 90.4 Å². The number of carbonyl (C=O) groups is 3. The molecular weight excluding hydrogens is 593 g/mol. The van der Waals surface area contributed by atoms with Gasteiger partial charge in [-0.25, -0.2) is 10.2 Å². The number of fused-ring (bicyclic) bond motifs is 1. The molecule has 3 fully saturated rings. The van der Waals surface area contributed by atoms with Gasteiger partial charge < -0.3 is 35.1 Å². The number of rotatable bonds is 9. The number of aliphatic hydroxyl groups is 1. The lowest BCUT2D eigenvalue weighted by molar-refractivity contribution is -0.158. The second kappa shape index (κ2) is 12.7. The molecule has 5 N–H and O–H groups in total. The monoisotopic (exact) mass is 635 g/mol. The van der Waals surface area contributed by atoms with Gasteiger partial charge in [0.25, 0.3) is 0 Å². The Labute approximate surface area is 262 Å². The Hall–Kier alpha value is -3.09. The summed E-state index contributed by atoms with van der Waals surface area (Å²) in [7, 11) is 2.79. The van der Waals surface area contributed by atoms with Gasteiger partial charge in [0.2, 0.25) is 11.8 Å². The molecule has 5 rings (SSSR count). The summed E-state index contributed by atoms with van der Waals surface area (Å²) in [5.41, 5.74) is 7.86. The van der Waals surface area contributed by atoms with Gasteiger partial charge >= 0.3 is 5.97 Å². The van der Waals surface area contributed by atoms with Crippen molar-refractivity contribution in [3.63, 3.8) is 0 Å². The molecule has 0 radical (unpaired) electrons. The molecule has 13 heteroatoms. The number of methoxy groups -OCH3 is 1. The van der Waals surface area contributed by atoms with Crippen molar-refractivity contribution >= 4 is 29.4 Å². The highest BCUT2D eigenvalue weighted by atomic mass is 35.5. The second-order valence-electron chi connectivity index (χ2n) is 12.8. The van der Waals surface area contributed by atoms with E-state index in [0.717, 1.165) is 23.4 Å². The Morgan fingerprint density at radius 1 is 1.27 bits per heavy atom. The molecule has 2 aliphatic heterocycles. The number of aliphatic hydroxyl groups excluding tert-OH is 1. The molecule has 44 heavy (non-hydrogen) atoms. The van der Waals surface area contributed by atoms with Crippen LogP contribution in [0, 0.1) is 17.3 Å². The molecular formula is C31H43ClFN5O6. The number of benzene rings is 1. The average molecular weight is 636 g/mol. The Bertz CT molecular complexity index is 1320. The van der Waals surface area contributed by atoms with Crippen LogP contribution in [0.2, 0.25) is 5.02 Å².